The highest BCUT2D eigenvalue weighted by molar-refractivity contribution is 5.71. The molecule has 0 aliphatic carbocycles. The molecule has 1 amide bonds. The molecule has 5 nitrogen and oxygen atoms in total. The Balaban J connectivity index is 2.12. The zero-order valence-corrected chi connectivity index (χ0v) is 11.2. The normalized spacial score (nSPS) is 13.5. The predicted molar refractivity (Wildman–Crippen MR) is 73.4 cm³/mol. The molecule has 0 radical (unpaired) electrons. The van der Waals surface area contributed by atoms with Crippen LogP contribution in [0.4, 0.5) is 4.79 Å². The van der Waals surface area contributed by atoms with Crippen LogP contribution in [0.2, 0.25) is 0 Å². The van der Waals surface area contributed by atoms with Crippen molar-refractivity contribution in [2.75, 3.05) is 13.2 Å². The highest BCUT2D eigenvalue weighted by atomic mass is 16.6. The highest BCUT2D eigenvalue weighted by Gasteiger charge is 2.23. The molecule has 1 aromatic carbocycles. The Morgan fingerprint density at radius 3 is 2.95 bits per heavy atom. The molecule has 1 N–H and O–H groups in total. The summed E-state index contributed by atoms with van der Waals surface area (Å²) in [6.07, 6.45) is 1.84. The number of fused-ring (bicyclic) bond motifs is 1. The number of benzene rings is 1. The molecule has 0 aromatic heterocycles. The number of ether oxygens (including phenoxy) is 1. The molecule has 20 heavy (non-hydrogen) atoms. The van der Waals surface area contributed by atoms with E-state index in [4.69, 9.17) is 9.84 Å². The summed E-state index contributed by atoms with van der Waals surface area (Å²) in [5, 5.41) is 8.91. The van der Waals surface area contributed by atoms with Crippen molar-refractivity contribution in [1.29, 1.82) is 0 Å². The van der Waals surface area contributed by atoms with Crippen LogP contribution in [0.15, 0.2) is 30.9 Å². The van der Waals surface area contributed by atoms with Crippen LogP contribution in [0, 0.1) is 0 Å². The maximum atomic E-state index is 11.8. The van der Waals surface area contributed by atoms with Gasteiger partial charge in [-0.25, -0.2) is 4.79 Å². The Labute approximate surface area is 117 Å². The van der Waals surface area contributed by atoms with Crippen LogP contribution in [0.3, 0.4) is 0 Å². The molecule has 0 spiro atoms. The van der Waals surface area contributed by atoms with Gasteiger partial charge in [0.05, 0.1) is 6.42 Å². The van der Waals surface area contributed by atoms with Crippen molar-refractivity contribution in [2.45, 2.75) is 19.4 Å². The van der Waals surface area contributed by atoms with E-state index in [0.717, 1.165) is 16.7 Å². The molecule has 0 saturated carbocycles. The summed E-state index contributed by atoms with van der Waals surface area (Å²) in [5.41, 5.74) is 2.86. The minimum Gasteiger partial charge on any atom is -0.481 e. The third kappa shape index (κ3) is 3.17. The van der Waals surface area contributed by atoms with Crippen molar-refractivity contribution in [1.82, 2.24) is 4.90 Å². The standard InChI is InChI=1S/C15H17NO4/c1-2-8-20-15(19)16-7-6-13-11(9-14(17)18)4-3-5-12(13)10-16/h2-5H,1,6-10H2,(H,17,18). The topological polar surface area (TPSA) is 66.8 Å². The van der Waals surface area contributed by atoms with Crippen molar-refractivity contribution in [3.63, 3.8) is 0 Å². The van der Waals surface area contributed by atoms with Gasteiger partial charge in [-0.15, -0.1) is 0 Å². The summed E-state index contributed by atoms with van der Waals surface area (Å²) in [4.78, 5) is 24.3. The van der Waals surface area contributed by atoms with Crippen molar-refractivity contribution >= 4 is 12.1 Å². The lowest BCUT2D eigenvalue weighted by Gasteiger charge is -2.29. The number of aliphatic carboxylic acids is 1. The minimum atomic E-state index is -0.841. The molecule has 5 heteroatoms. The van der Waals surface area contributed by atoms with Gasteiger partial charge < -0.3 is 14.7 Å². The number of rotatable bonds is 4. The van der Waals surface area contributed by atoms with Gasteiger partial charge in [-0.1, -0.05) is 30.9 Å². The molecule has 0 atom stereocenters. The fourth-order valence-corrected chi connectivity index (χ4v) is 2.39. The van der Waals surface area contributed by atoms with E-state index in [2.05, 4.69) is 6.58 Å². The molecule has 1 heterocycles. The first-order valence-corrected chi connectivity index (χ1v) is 6.46. The average molecular weight is 275 g/mol. The van der Waals surface area contributed by atoms with Crippen molar-refractivity contribution in [2.24, 2.45) is 0 Å². The van der Waals surface area contributed by atoms with E-state index < -0.39 is 5.97 Å². The Morgan fingerprint density at radius 2 is 2.25 bits per heavy atom. The van der Waals surface area contributed by atoms with Crippen LogP contribution in [-0.4, -0.2) is 35.2 Å². The van der Waals surface area contributed by atoms with E-state index in [1.54, 1.807) is 4.90 Å². The lowest BCUT2D eigenvalue weighted by Crippen LogP contribution is -2.36. The lowest BCUT2D eigenvalue weighted by molar-refractivity contribution is -0.136. The van der Waals surface area contributed by atoms with E-state index in [1.807, 2.05) is 18.2 Å². The van der Waals surface area contributed by atoms with Crippen LogP contribution in [0.5, 0.6) is 0 Å². The third-order valence-electron chi connectivity index (χ3n) is 3.29. The summed E-state index contributed by atoms with van der Waals surface area (Å²) in [6.45, 7) is 4.70. The van der Waals surface area contributed by atoms with Gasteiger partial charge in [-0.3, -0.25) is 4.79 Å². The Hall–Kier alpha value is -2.30. The van der Waals surface area contributed by atoms with Gasteiger partial charge in [0.2, 0.25) is 0 Å². The molecule has 0 unspecified atom stereocenters. The van der Waals surface area contributed by atoms with Gasteiger partial charge in [0.25, 0.3) is 0 Å². The second-order valence-corrected chi connectivity index (χ2v) is 4.66. The minimum absolute atomic E-state index is 0.0179. The smallest absolute Gasteiger partial charge is 0.410 e. The highest BCUT2D eigenvalue weighted by Crippen LogP contribution is 2.23. The summed E-state index contributed by atoms with van der Waals surface area (Å²) >= 11 is 0. The largest absolute Gasteiger partial charge is 0.481 e. The Morgan fingerprint density at radius 1 is 1.45 bits per heavy atom. The monoisotopic (exact) mass is 275 g/mol. The molecule has 2 rings (SSSR count). The lowest BCUT2D eigenvalue weighted by atomic mass is 9.93. The zero-order chi connectivity index (χ0) is 14.5. The second-order valence-electron chi connectivity index (χ2n) is 4.66. The van der Waals surface area contributed by atoms with Gasteiger partial charge in [-0.2, -0.15) is 0 Å². The van der Waals surface area contributed by atoms with Gasteiger partial charge in [0.1, 0.15) is 6.61 Å². The number of carbonyl (C=O) groups excluding carboxylic acids is 1. The van der Waals surface area contributed by atoms with E-state index in [-0.39, 0.29) is 19.1 Å². The molecular formula is C15H17NO4. The SMILES string of the molecule is C=CCOC(=O)N1CCc2c(CC(=O)O)cccc2C1. The molecule has 1 aromatic rings. The predicted octanol–water partition coefficient (Wildman–Crippen LogP) is 1.99. The molecular weight excluding hydrogens is 258 g/mol. The fraction of sp³-hybridized carbons (Fsp3) is 0.333. The molecule has 0 fully saturated rings. The summed E-state index contributed by atoms with van der Waals surface area (Å²) in [7, 11) is 0. The van der Waals surface area contributed by atoms with Crippen LogP contribution in [0.1, 0.15) is 16.7 Å². The zero-order valence-electron chi connectivity index (χ0n) is 11.2. The first-order chi connectivity index (χ1) is 9.61. The maximum absolute atomic E-state index is 11.8. The first kappa shape index (κ1) is 14.1. The van der Waals surface area contributed by atoms with Gasteiger partial charge >= 0.3 is 12.1 Å². The average Bonchev–Trinajstić information content (AvgIpc) is 2.44. The van der Waals surface area contributed by atoms with Crippen LogP contribution >= 0.6 is 0 Å². The summed E-state index contributed by atoms with van der Waals surface area (Å²) < 4.78 is 5.02. The van der Waals surface area contributed by atoms with Crippen LogP contribution in [-0.2, 0) is 28.9 Å². The first-order valence-electron chi connectivity index (χ1n) is 6.46. The second kappa shape index (κ2) is 6.23. The van der Waals surface area contributed by atoms with Crippen LogP contribution < -0.4 is 0 Å². The number of carbonyl (C=O) groups is 2. The summed E-state index contributed by atoms with van der Waals surface area (Å²) in [6, 6.07) is 5.59. The molecule has 0 saturated heterocycles. The number of hydrogen-bond donors (Lipinski definition) is 1. The van der Waals surface area contributed by atoms with Crippen molar-refractivity contribution in [3.05, 3.63) is 47.5 Å². The number of carboxylic acids is 1. The third-order valence-corrected chi connectivity index (χ3v) is 3.29. The number of nitrogens with zero attached hydrogens (tertiary/aromatic N) is 1. The van der Waals surface area contributed by atoms with E-state index in [0.29, 0.717) is 19.5 Å². The number of carboxylic acid groups (broad SMARTS) is 1. The Bertz CT molecular complexity index is 539. The quantitative estimate of drug-likeness (QED) is 0.853. The maximum Gasteiger partial charge on any atom is 0.410 e. The molecule has 1 aliphatic heterocycles. The van der Waals surface area contributed by atoms with Gasteiger partial charge in [-0.05, 0) is 23.1 Å². The van der Waals surface area contributed by atoms with Gasteiger partial charge in [0.15, 0.2) is 0 Å². The van der Waals surface area contributed by atoms with Crippen molar-refractivity contribution in [3.8, 4) is 0 Å². The van der Waals surface area contributed by atoms with E-state index in [9.17, 15) is 9.59 Å². The van der Waals surface area contributed by atoms with Crippen molar-refractivity contribution < 1.29 is 19.4 Å². The van der Waals surface area contributed by atoms with Gasteiger partial charge in [0, 0.05) is 13.1 Å². The summed E-state index contributed by atoms with van der Waals surface area (Å²) in [5.74, 6) is -0.841. The molecule has 1 aliphatic rings. The van der Waals surface area contributed by atoms with E-state index in [1.165, 1.54) is 6.08 Å². The fourth-order valence-electron chi connectivity index (χ4n) is 2.39. The molecule has 106 valence electrons. The Kier molecular flexibility index (Phi) is 4.40. The van der Waals surface area contributed by atoms with E-state index >= 15 is 0 Å². The molecule has 0 bridgehead atoms. The van der Waals surface area contributed by atoms with Crippen LogP contribution in [0.25, 0.3) is 0 Å². The number of amides is 1. The number of hydrogen-bond acceptors (Lipinski definition) is 3.